The van der Waals surface area contributed by atoms with Crippen molar-refractivity contribution in [3.63, 3.8) is 0 Å². The van der Waals surface area contributed by atoms with Gasteiger partial charge in [0, 0.05) is 11.4 Å². The van der Waals surface area contributed by atoms with E-state index in [2.05, 4.69) is 5.32 Å². The van der Waals surface area contributed by atoms with Crippen LogP contribution in [-0.2, 0) is 11.3 Å². The molecule has 0 unspecified atom stereocenters. The Morgan fingerprint density at radius 3 is 2.75 bits per heavy atom. The van der Waals surface area contributed by atoms with Crippen molar-refractivity contribution < 1.29 is 14.3 Å². The van der Waals surface area contributed by atoms with Gasteiger partial charge in [-0.15, -0.1) is 0 Å². The van der Waals surface area contributed by atoms with Gasteiger partial charge in [-0.05, 0) is 35.9 Å². The third-order valence-electron chi connectivity index (χ3n) is 2.64. The number of hydrogen-bond acceptors (Lipinski definition) is 4. The molecule has 3 N–H and O–H groups in total. The summed E-state index contributed by atoms with van der Waals surface area (Å²) in [5, 5.41) is 2.61. The van der Waals surface area contributed by atoms with Crippen LogP contribution in [0.5, 0.6) is 5.75 Å². The average Bonchev–Trinajstić information content (AvgIpc) is 2.45. The largest absolute Gasteiger partial charge is 0.497 e. The Hall–Kier alpha value is -2.69. The van der Waals surface area contributed by atoms with Gasteiger partial charge in [0.25, 0.3) is 0 Å². The van der Waals surface area contributed by atoms with Crippen molar-refractivity contribution in [2.24, 2.45) is 0 Å². The summed E-state index contributed by atoms with van der Waals surface area (Å²) in [6.45, 7) is 0.172. The minimum absolute atomic E-state index is 0.172. The average molecular weight is 272 g/mol. The van der Waals surface area contributed by atoms with E-state index in [9.17, 15) is 4.79 Å². The lowest BCUT2D eigenvalue weighted by Crippen LogP contribution is -2.13. The minimum Gasteiger partial charge on any atom is -0.497 e. The van der Waals surface area contributed by atoms with Gasteiger partial charge in [-0.1, -0.05) is 18.2 Å². The van der Waals surface area contributed by atoms with Crippen LogP contribution < -0.4 is 15.8 Å². The molecule has 0 fully saturated rings. The van der Waals surface area contributed by atoms with Crippen molar-refractivity contribution in [3.05, 3.63) is 54.1 Å². The van der Waals surface area contributed by atoms with Gasteiger partial charge < -0.3 is 15.2 Å². The topological polar surface area (TPSA) is 73.6 Å². The van der Waals surface area contributed by atoms with Crippen LogP contribution in [0.4, 0.5) is 16.2 Å². The maximum absolute atomic E-state index is 11.6. The van der Waals surface area contributed by atoms with Gasteiger partial charge >= 0.3 is 6.09 Å². The van der Waals surface area contributed by atoms with Crippen LogP contribution in [0.15, 0.2) is 48.5 Å². The summed E-state index contributed by atoms with van der Waals surface area (Å²) >= 11 is 0. The molecule has 0 aromatic heterocycles. The first-order valence-corrected chi connectivity index (χ1v) is 6.09. The number of nitrogen functional groups attached to an aromatic ring is 1. The van der Waals surface area contributed by atoms with Crippen molar-refractivity contribution >= 4 is 17.5 Å². The van der Waals surface area contributed by atoms with Crippen molar-refractivity contribution in [2.75, 3.05) is 18.2 Å². The molecule has 20 heavy (non-hydrogen) atoms. The highest BCUT2D eigenvalue weighted by Crippen LogP contribution is 2.14. The summed E-state index contributed by atoms with van der Waals surface area (Å²) in [5.74, 6) is 0.724. The molecule has 0 bridgehead atoms. The zero-order valence-electron chi connectivity index (χ0n) is 11.1. The second-order valence-corrected chi connectivity index (χ2v) is 4.18. The fraction of sp³-hybridized carbons (Fsp3) is 0.133. The van der Waals surface area contributed by atoms with E-state index in [0.717, 1.165) is 11.3 Å². The van der Waals surface area contributed by atoms with E-state index in [4.69, 9.17) is 15.2 Å². The number of rotatable bonds is 4. The minimum atomic E-state index is -0.529. The van der Waals surface area contributed by atoms with Crippen LogP contribution in [-0.4, -0.2) is 13.2 Å². The molecule has 0 spiro atoms. The fourth-order valence-electron chi connectivity index (χ4n) is 1.68. The van der Waals surface area contributed by atoms with Crippen LogP contribution in [0.25, 0.3) is 0 Å². The summed E-state index contributed by atoms with van der Waals surface area (Å²) in [6.07, 6.45) is -0.529. The normalized spacial score (nSPS) is 9.85. The number of methoxy groups -OCH3 is 1. The van der Waals surface area contributed by atoms with Gasteiger partial charge in [-0.2, -0.15) is 0 Å². The molecule has 0 saturated carbocycles. The molecular weight excluding hydrogens is 256 g/mol. The lowest BCUT2D eigenvalue weighted by molar-refractivity contribution is 0.155. The van der Waals surface area contributed by atoms with E-state index in [-0.39, 0.29) is 6.61 Å². The van der Waals surface area contributed by atoms with Crippen LogP contribution in [0.2, 0.25) is 0 Å². The number of carbonyl (C=O) groups is 1. The van der Waals surface area contributed by atoms with E-state index >= 15 is 0 Å². The quantitative estimate of drug-likeness (QED) is 0.839. The second-order valence-electron chi connectivity index (χ2n) is 4.18. The predicted molar refractivity (Wildman–Crippen MR) is 77.7 cm³/mol. The molecule has 0 radical (unpaired) electrons. The Kier molecular flexibility index (Phi) is 4.44. The number of ether oxygens (including phenoxy) is 2. The van der Waals surface area contributed by atoms with E-state index < -0.39 is 6.09 Å². The van der Waals surface area contributed by atoms with Gasteiger partial charge in [0.15, 0.2) is 0 Å². The molecular formula is C15H16N2O3. The molecule has 104 valence electrons. The van der Waals surface area contributed by atoms with Crippen LogP contribution in [0.1, 0.15) is 5.56 Å². The van der Waals surface area contributed by atoms with Gasteiger partial charge in [-0.25, -0.2) is 4.79 Å². The molecule has 0 aliphatic carbocycles. The van der Waals surface area contributed by atoms with Crippen LogP contribution in [0, 0.1) is 0 Å². The fourth-order valence-corrected chi connectivity index (χ4v) is 1.68. The molecule has 0 saturated heterocycles. The molecule has 0 aliphatic heterocycles. The number of nitrogens with two attached hydrogens (primary N) is 1. The monoisotopic (exact) mass is 272 g/mol. The number of hydrogen-bond donors (Lipinski definition) is 2. The highest BCUT2D eigenvalue weighted by Gasteiger charge is 2.04. The number of nitrogens with one attached hydrogen (secondary N) is 1. The number of benzene rings is 2. The van der Waals surface area contributed by atoms with Gasteiger partial charge in [0.05, 0.1) is 7.11 Å². The Morgan fingerprint density at radius 1 is 1.20 bits per heavy atom. The third kappa shape index (κ3) is 3.91. The molecule has 2 aromatic carbocycles. The molecule has 1 amide bonds. The molecule has 0 aliphatic rings. The van der Waals surface area contributed by atoms with Gasteiger partial charge in [0.2, 0.25) is 0 Å². The molecule has 2 rings (SSSR count). The van der Waals surface area contributed by atoms with Crippen molar-refractivity contribution in [1.82, 2.24) is 0 Å². The molecule has 5 heteroatoms. The smallest absolute Gasteiger partial charge is 0.411 e. The van der Waals surface area contributed by atoms with E-state index in [0.29, 0.717) is 11.4 Å². The summed E-state index contributed by atoms with van der Waals surface area (Å²) in [4.78, 5) is 11.6. The molecule has 0 atom stereocenters. The molecule has 2 aromatic rings. The lowest BCUT2D eigenvalue weighted by atomic mass is 10.2. The first-order valence-electron chi connectivity index (χ1n) is 6.09. The maximum atomic E-state index is 11.6. The lowest BCUT2D eigenvalue weighted by Gasteiger charge is -2.08. The number of anilines is 2. The highest BCUT2D eigenvalue weighted by molar-refractivity contribution is 5.85. The zero-order valence-corrected chi connectivity index (χ0v) is 11.1. The van der Waals surface area contributed by atoms with Gasteiger partial charge in [-0.3, -0.25) is 5.32 Å². The Bertz CT molecular complexity index is 599. The molecule has 0 heterocycles. The van der Waals surface area contributed by atoms with Crippen LogP contribution in [0.3, 0.4) is 0 Å². The predicted octanol–water partition coefficient (Wildman–Crippen LogP) is 3.03. The Labute approximate surface area is 117 Å². The summed E-state index contributed by atoms with van der Waals surface area (Å²) in [6, 6.07) is 14.2. The number of amides is 1. The number of carbonyl (C=O) groups excluding carboxylic acids is 1. The highest BCUT2D eigenvalue weighted by atomic mass is 16.5. The van der Waals surface area contributed by atoms with Crippen LogP contribution >= 0.6 is 0 Å². The molecule has 5 nitrogen and oxygen atoms in total. The SMILES string of the molecule is COc1cccc(COC(=O)Nc2cccc(N)c2)c1. The third-order valence-corrected chi connectivity index (χ3v) is 2.64. The zero-order chi connectivity index (χ0) is 14.4. The van der Waals surface area contributed by atoms with Crippen molar-refractivity contribution in [1.29, 1.82) is 0 Å². The van der Waals surface area contributed by atoms with E-state index in [1.807, 2.05) is 24.3 Å². The Balaban J connectivity index is 1.88. The van der Waals surface area contributed by atoms with Crippen molar-refractivity contribution in [2.45, 2.75) is 6.61 Å². The standard InChI is InChI=1S/C15H16N2O3/c1-19-14-7-2-4-11(8-14)10-20-15(18)17-13-6-3-5-12(16)9-13/h2-9H,10,16H2,1H3,(H,17,18). The Morgan fingerprint density at radius 2 is 2.00 bits per heavy atom. The second kappa shape index (κ2) is 6.47. The van der Waals surface area contributed by atoms with Crippen molar-refractivity contribution in [3.8, 4) is 5.75 Å². The first kappa shape index (κ1) is 13.7. The summed E-state index contributed by atoms with van der Waals surface area (Å²) in [5.41, 5.74) is 7.66. The van der Waals surface area contributed by atoms with E-state index in [1.165, 1.54) is 0 Å². The maximum Gasteiger partial charge on any atom is 0.411 e. The van der Waals surface area contributed by atoms with Gasteiger partial charge in [0.1, 0.15) is 12.4 Å². The summed E-state index contributed by atoms with van der Waals surface area (Å²) in [7, 11) is 1.59. The summed E-state index contributed by atoms with van der Waals surface area (Å²) < 4.78 is 10.2. The first-order chi connectivity index (χ1) is 9.67. The van der Waals surface area contributed by atoms with E-state index in [1.54, 1.807) is 31.4 Å².